The smallest absolute Gasteiger partial charge is 0.0349 e. The molecule has 0 saturated heterocycles. The highest BCUT2D eigenvalue weighted by Crippen LogP contribution is 2.47. The Labute approximate surface area is 171 Å². The lowest BCUT2D eigenvalue weighted by atomic mass is 10.1. The molecule has 0 radical (unpaired) electrons. The SMILES string of the molecule is c1ccc2c(c1)Sc1ccccc1S2.c1ccc2c(c1)ccc1sccc12. The van der Waals surface area contributed by atoms with Gasteiger partial charge in [-0.2, -0.15) is 0 Å². The molecule has 0 nitrogen and oxygen atoms in total. The molecule has 130 valence electrons. The van der Waals surface area contributed by atoms with Crippen LogP contribution in [0.5, 0.6) is 0 Å². The van der Waals surface area contributed by atoms with Crippen molar-refractivity contribution in [2.45, 2.75) is 19.6 Å². The minimum Gasteiger partial charge on any atom is -0.144 e. The van der Waals surface area contributed by atoms with Gasteiger partial charge in [0, 0.05) is 29.7 Å². The first kappa shape index (κ1) is 16.9. The Hall–Kier alpha value is -2.20. The van der Waals surface area contributed by atoms with Crippen LogP contribution in [0.1, 0.15) is 0 Å². The van der Waals surface area contributed by atoms with E-state index >= 15 is 0 Å². The van der Waals surface area contributed by atoms with Crippen molar-refractivity contribution in [2.75, 3.05) is 0 Å². The third kappa shape index (κ3) is 3.39. The van der Waals surface area contributed by atoms with E-state index in [0.29, 0.717) is 0 Å². The topological polar surface area (TPSA) is 0 Å². The van der Waals surface area contributed by atoms with Crippen molar-refractivity contribution in [1.29, 1.82) is 0 Å². The third-order valence-electron chi connectivity index (χ3n) is 4.50. The van der Waals surface area contributed by atoms with Crippen molar-refractivity contribution in [3.8, 4) is 0 Å². The molecule has 0 unspecified atom stereocenters. The van der Waals surface area contributed by atoms with Crippen LogP contribution in [-0.4, -0.2) is 0 Å². The van der Waals surface area contributed by atoms with Crippen LogP contribution in [0.25, 0.3) is 20.9 Å². The fourth-order valence-electron chi connectivity index (χ4n) is 3.20. The second kappa shape index (κ2) is 7.43. The van der Waals surface area contributed by atoms with E-state index in [-0.39, 0.29) is 0 Å². The zero-order chi connectivity index (χ0) is 18.1. The molecule has 0 amide bonds. The molecule has 4 aromatic carbocycles. The Kier molecular flexibility index (Phi) is 4.66. The molecule has 1 aromatic heterocycles. The number of hydrogen-bond acceptors (Lipinski definition) is 3. The molecule has 0 saturated carbocycles. The van der Waals surface area contributed by atoms with Gasteiger partial charge in [0.2, 0.25) is 0 Å². The molecule has 0 spiro atoms. The fourth-order valence-corrected chi connectivity index (χ4v) is 6.24. The predicted octanol–water partition coefficient (Wildman–Crippen LogP) is 8.36. The highest BCUT2D eigenvalue weighted by Gasteiger charge is 2.14. The second-order valence-corrected chi connectivity index (χ2v) is 9.33. The van der Waals surface area contributed by atoms with Crippen LogP contribution >= 0.6 is 34.9 Å². The Morgan fingerprint density at radius 3 is 1.63 bits per heavy atom. The number of thiophene rings is 1. The van der Waals surface area contributed by atoms with Crippen molar-refractivity contribution >= 4 is 55.7 Å². The second-order valence-electron chi connectivity index (χ2n) is 6.22. The Morgan fingerprint density at radius 1 is 0.444 bits per heavy atom. The Bertz CT molecular complexity index is 1150. The average molecular weight is 401 g/mol. The van der Waals surface area contributed by atoms with E-state index in [1.54, 1.807) is 11.3 Å². The van der Waals surface area contributed by atoms with Crippen molar-refractivity contribution in [3.63, 3.8) is 0 Å². The van der Waals surface area contributed by atoms with Crippen LogP contribution in [0.2, 0.25) is 0 Å². The monoisotopic (exact) mass is 400 g/mol. The molecule has 2 heterocycles. The summed E-state index contributed by atoms with van der Waals surface area (Å²) in [7, 11) is 0. The summed E-state index contributed by atoms with van der Waals surface area (Å²) in [5.41, 5.74) is 0. The quantitative estimate of drug-likeness (QED) is 0.251. The van der Waals surface area contributed by atoms with Gasteiger partial charge >= 0.3 is 0 Å². The van der Waals surface area contributed by atoms with E-state index in [1.165, 1.54) is 40.4 Å². The van der Waals surface area contributed by atoms with Gasteiger partial charge in [-0.05, 0) is 52.6 Å². The van der Waals surface area contributed by atoms with Crippen molar-refractivity contribution in [1.82, 2.24) is 0 Å². The maximum absolute atomic E-state index is 2.20. The van der Waals surface area contributed by atoms with E-state index in [0.717, 1.165) is 0 Å². The molecule has 0 fully saturated rings. The largest absolute Gasteiger partial charge is 0.144 e. The lowest BCUT2D eigenvalue weighted by Gasteiger charge is -2.17. The first-order valence-electron chi connectivity index (χ1n) is 8.77. The molecular weight excluding hydrogens is 384 g/mol. The van der Waals surface area contributed by atoms with Crippen molar-refractivity contribution in [2.24, 2.45) is 0 Å². The summed E-state index contributed by atoms with van der Waals surface area (Å²) in [6.07, 6.45) is 0. The number of benzene rings is 4. The Balaban J connectivity index is 0.000000119. The highest BCUT2D eigenvalue weighted by molar-refractivity contribution is 8.05. The van der Waals surface area contributed by atoms with E-state index in [9.17, 15) is 0 Å². The lowest BCUT2D eigenvalue weighted by Crippen LogP contribution is -1.87. The molecule has 0 N–H and O–H groups in total. The van der Waals surface area contributed by atoms with Crippen molar-refractivity contribution in [3.05, 3.63) is 96.4 Å². The first-order valence-corrected chi connectivity index (χ1v) is 11.3. The fraction of sp³-hybridized carbons (Fsp3) is 0. The highest BCUT2D eigenvalue weighted by atomic mass is 32.2. The van der Waals surface area contributed by atoms with E-state index in [2.05, 4.69) is 96.4 Å². The number of fused-ring (bicyclic) bond motifs is 5. The lowest BCUT2D eigenvalue weighted by molar-refractivity contribution is 1.16. The van der Waals surface area contributed by atoms with Gasteiger partial charge in [-0.3, -0.25) is 0 Å². The zero-order valence-corrected chi connectivity index (χ0v) is 16.9. The molecule has 5 aromatic rings. The summed E-state index contributed by atoms with van der Waals surface area (Å²) < 4.78 is 1.37. The van der Waals surface area contributed by atoms with Gasteiger partial charge in [0.05, 0.1) is 0 Å². The Morgan fingerprint density at radius 2 is 1.00 bits per heavy atom. The van der Waals surface area contributed by atoms with Gasteiger partial charge in [-0.25, -0.2) is 0 Å². The van der Waals surface area contributed by atoms with Crippen LogP contribution in [0.15, 0.2) is 116 Å². The zero-order valence-electron chi connectivity index (χ0n) is 14.5. The van der Waals surface area contributed by atoms with E-state index < -0.39 is 0 Å². The molecule has 0 aliphatic carbocycles. The number of hydrogen-bond donors (Lipinski definition) is 0. The molecule has 27 heavy (non-hydrogen) atoms. The van der Waals surface area contributed by atoms with E-state index in [1.807, 2.05) is 23.5 Å². The average Bonchev–Trinajstić information content (AvgIpc) is 3.22. The van der Waals surface area contributed by atoms with Gasteiger partial charge < -0.3 is 0 Å². The standard InChI is InChI=1S/C12H8S2.C12H8S/c1-2-6-10-9(5-1)13-11-7-3-4-8-12(11)14-10;1-2-4-10-9(3-1)5-6-12-11(10)7-8-13-12/h1-8H;1-8H. The van der Waals surface area contributed by atoms with Gasteiger partial charge in [0.1, 0.15) is 0 Å². The first-order chi connectivity index (χ1) is 13.4. The molecule has 1 aliphatic rings. The summed E-state index contributed by atoms with van der Waals surface area (Å²) in [5, 5.41) is 6.22. The summed E-state index contributed by atoms with van der Waals surface area (Å²) in [4.78, 5) is 5.49. The minimum absolute atomic E-state index is 1.33. The van der Waals surface area contributed by atoms with E-state index in [4.69, 9.17) is 0 Å². The number of rotatable bonds is 0. The molecular formula is C24H16S3. The van der Waals surface area contributed by atoms with Gasteiger partial charge in [0.15, 0.2) is 0 Å². The van der Waals surface area contributed by atoms with Crippen molar-refractivity contribution < 1.29 is 0 Å². The molecule has 0 bridgehead atoms. The van der Waals surface area contributed by atoms with Crippen LogP contribution < -0.4 is 0 Å². The summed E-state index contributed by atoms with van der Waals surface area (Å²) in [6.45, 7) is 0. The maximum atomic E-state index is 2.20. The van der Waals surface area contributed by atoms with Crippen LogP contribution in [0.4, 0.5) is 0 Å². The minimum atomic E-state index is 1.33. The van der Waals surface area contributed by atoms with Gasteiger partial charge in [-0.15, -0.1) is 11.3 Å². The summed E-state index contributed by atoms with van der Waals surface area (Å²) in [6, 6.07) is 32.2. The van der Waals surface area contributed by atoms with Gasteiger partial charge in [-0.1, -0.05) is 78.1 Å². The van der Waals surface area contributed by atoms with Crippen LogP contribution in [0.3, 0.4) is 0 Å². The molecule has 6 rings (SSSR count). The normalized spacial score (nSPS) is 12.1. The van der Waals surface area contributed by atoms with Crippen LogP contribution in [-0.2, 0) is 0 Å². The predicted molar refractivity (Wildman–Crippen MR) is 120 cm³/mol. The third-order valence-corrected chi connectivity index (χ3v) is 7.94. The molecule has 0 atom stereocenters. The summed E-state index contributed by atoms with van der Waals surface area (Å²) >= 11 is 5.53. The van der Waals surface area contributed by atoms with Crippen LogP contribution in [0, 0.1) is 0 Å². The maximum Gasteiger partial charge on any atom is 0.0349 e. The van der Waals surface area contributed by atoms with Gasteiger partial charge in [0.25, 0.3) is 0 Å². The molecule has 3 heteroatoms. The molecule has 1 aliphatic heterocycles. The summed E-state index contributed by atoms with van der Waals surface area (Å²) in [5.74, 6) is 0.